The predicted octanol–water partition coefficient (Wildman–Crippen LogP) is -0.138. The van der Waals surface area contributed by atoms with Gasteiger partial charge in [-0.05, 0) is 13.8 Å². The summed E-state index contributed by atoms with van der Waals surface area (Å²) < 4.78 is 8.95. The molecule has 7 nitrogen and oxygen atoms in total. The molecule has 1 amide bonds. The average molecular weight is 325 g/mol. The molecule has 9 heteroatoms. The smallest absolute Gasteiger partial charge is 0.333 e. The van der Waals surface area contributed by atoms with E-state index in [-0.39, 0.29) is 23.7 Å². The van der Waals surface area contributed by atoms with Crippen molar-refractivity contribution in [3.05, 3.63) is 0 Å². The van der Waals surface area contributed by atoms with Crippen molar-refractivity contribution in [2.24, 2.45) is 5.73 Å². The number of nitrogens with two attached hydrogens (primary N) is 1. The van der Waals surface area contributed by atoms with E-state index in [1.54, 1.807) is 0 Å². The van der Waals surface area contributed by atoms with Crippen LogP contribution in [0.1, 0.15) is 20.8 Å². The highest BCUT2D eigenvalue weighted by Gasteiger charge is 2.63. The molecule has 2 heterocycles. The quantitative estimate of drug-likeness (QED) is 0.438. The number of esters is 2. The molecule has 114 valence electrons. The third kappa shape index (κ3) is 2.72. The highest BCUT2D eigenvalue weighted by atomic mass is 35.5. The molecule has 2 N–H and O–H groups in total. The molecule has 3 atom stereocenters. The first-order valence-electron chi connectivity index (χ1n) is 5.81. The van der Waals surface area contributed by atoms with E-state index < -0.39 is 35.6 Å². The zero-order valence-corrected chi connectivity index (χ0v) is 13.0. The van der Waals surface area contributed by atoms with E-state index in [1.165, 1.54) is 23.6 Å². The fourth-order valence-corrected chi connectivity index (χ4v) is 3.84. The highest BCUT2D eigenvalue weighted by Crippen LogP contribution is 2.50. The van der Waals surface area contributed by atoms with Crippen LogP contribution in [-0.2, 0) is 23.9 Å². The number of hydrogen-bond acceptors (Lipinski definition) is 7. The molecule has 2 aliphatic rings. The Morgan fingerprint density at radius 1 is 1.40 bits per heavy atom. The Balaban J connectivity index is 0.00000200. The van der Waals surface area contributed by atoms with Crippen LogP contribution < -0.4 is 5.73 Å². The molecule has 0 radical (unpaired) electrons. The molecule has 2 aliphatic heterocycles. The molecular formula is C11H17ClN2O5S. The minimum absolute atomic E-state index is 0. The molecule has 0 aromatic rings. The molecule has 2 saturated heterocycles. The van der Waals surface area contributed by atoms with Crippen LogP contribution in [-0.4, -0.2) is 51.7 Å². The minimum atomic E-state index is -0.703. The molecule has 0 bridgehead atoms. The molecule has 1 unspecified atom stereocenters. The van der Waals surface area contributed by atoms with E-state index in [0.717, 1.165) is 0 Å². The van der Waals surface area contributed by atoms with Gasteiger partial charge in [-0.25, -0.2) is 4.79 Å². The van der Waals surface area contributed by atoms with Crippen molar-refractivity contribution in [3.8, 4) is 0 Å². The molecule has 0 aliphatic carbocycles. The average Bonchev–Trinajstić information content (AvgIpc) is 2.57. The Morgan fingerprint density at radius 3 is 2.55 bits per heavy atom. The van der Waals surface area contributed by atoms with Crippen LogP contribution in [0, 0.1) is 0 Å². The van der Waals surface area contributed by atoms with Gasteiger partial charge in [-0.3, -0.25) is 9.59 Å². The SMILES string of the molecule is CC(=O)OCOC(=O)[C@@H]1N2C(=O)C(N)[C@H]2SC1(C)C.Cl. The molecule has 2 rings (SSSR count). The summed E-state index contributed by atoms with van der Waals surface area (Å²) in [6.45, 7) is 4.49. The topological polar surface area (TPSA) is 98.9 Å². The van der Waals surface area contributed by atoms with Crippen LogP contribution in [0.25, 0.3) is 0 Å². The number of fused-ring (bicyclic) bond motifs is 1. The van der Waals surface area contributed by atoms with Gasteiger partial charge in [0.15, 0.2) is 0 Å². The monoisotopic (exact) mass is 324 g/mol. The maximum absolute atomic E-state index is 12.0. The fraction of sp³-hybridized carbons (Fsp3) is 0.727. The predicted molar refractivity (Wildman–Crippen MR) is 74.0 cm³/mol. The van der Waals surface area contributed by atoms with Crippen molar-refractivity contribution in [1.82, 2.24) is 4.90 Å². The first kappa shape index (κ1) is 17.1. The lowest BCUT2D eigenvalue weighted by Gasteiger charge is -2.41. The lowest BCUT2D eigenvalue weighted by molar-refractivity contribution is -0.175. The van der Waals surface area contributed by atoms with Gasteiger partial charge < -0.3 is 20.1 Å². The summed E-state index contributed by atoms with van der Waals surface area (Å²) in [5.41, 5.74) is 5.70. The maximum Gasteiger partial charge on any atom is 0.333 e. The second kappa shape index (κ2) is 5.79. The molecule has 0 saturated carbocycles. The van der Waals surface area contributed by atoms with Gasteiger partial charge in [0.1, 0.15) is 17.5 Å². The normalized spacial score (nSPS) is 29.9. The first-order chi connectivity index (χ1) is 8.75. The lowest BCUT2D eigenvalue weighted by Crippen LogP contribution is -2.68. The third-order valence-electron chi connectivity index (χ3n) is 3.17. The van der Waals surface area contributed by atoms with Gasteiger partial charge in [0.2, 0.25) is 12.7 Å². The van der Waals surface area contributed by atoms with Gasteiger partial charge >= 0.3 is 11.9 Å². The number of rotatable bonds is 3. The fourth-order valence-electron chi connectivity index (χ4n) is 2.27. The van der Waals surface area contributed by atoms with E-state index in [4.69, 9.17) is 10.5 Å². The second-order valence-electron chi connectivity index (χ2n) is 5.00. The Kier molecular flexibility index (Phi) is 4.94. The van der Waals surface area contributed by atoms with Crippen LogP contribution in [0.2, 0.25) is 0 Å². The number of carbonyl (C=O) groups is 3. The lowest BCUT2D eigenvalue weighted by atomic mass is 9.96. The highest BCUT2D eigenvalue weighted by molar-refractivity contribution is 8.01. The summed E-state index contributed by atoms with van der Waals surface area (Å²) in [7, 11) is 0. The van der Waals surface area contributed by atoms with Gasteiger partial charge in [0.05, 0.1) is 0 Å². The number of thioether (sulfide) groups is 1. The molecule has 0 aromatic heterocycles. The summed E-state index contributed by atoms with van der Waals surface area (Å²) in [6.07, 6.45) is 0. The van der Waals surface area contributed by atoms with E-state index >= 15 is 0 Å². The van der Waals surface area contributed by atoms with Crippen molar-refractivity contribution < 1.29 is 23.9 Å². The Hall–Kier alpha value is -0.990. The van der Waals surface area contributed by atoms with E-state index in [2.05, 4.69) is 4.74 Å². The minimum Gasteiger partial charge on any atom is -0.428 e. The molecule has 0 spiro atoms. The van der Waals surface area contributed by atoms with Crippen LogP contribution in [0.15, 0.2) is 0 Å². The van der Waals surface area contributed by atoms with E-state index in [1.807, 2.05) is 13.8 Å². The number of amides is 1. The zero-order valence-electron chi connectivity index (χ0n) is 11.3. The summed E-state index contributed by atoms with van der Waals surface area (Å²) >= 11 is 1.48. The zero-order chi connectivity index (χ0) is 14.4. The van der Waals surface area contributed by atoms with Crippen LogP contribution in [0.3, 0.4) is 0 Å². The largest absolute Gasteiger partial charge is 0.428 e. The van der Waals surface area contributed by atoms with E-state index in [0.29, 0.717) is 0 Å². The van der Waals surface area contributed by atoms with Gasteiger partial charge in [0, 0.05) is 11.7 Å². The molecule has 0 aromatic carbocycles. The van der Waals surface area contributed by atoms with Crippen molar-refractivity contribution in [3.63, 3.8) is 0 Å². The Morgan fingerprint density at radius 2 is 2.00 bits per heavy atom. The van der Waals surface area contributed by atoms with Gasteiger partial charge in [0.25, 0.3) is 0 Å². The van der Waals surface area contributed by atoms with Crippen molar-refractivity contribution in [2.45, 2.75) is 43.0 Å². The molecule has 20 heavy (non-hydrogen) atoms. The number of halogens is 1. The van der Waals surface area contributed by atoms with Crippen molar-refractivity contribution >= 4 is 42.0 Å². The van der Waals surface area contributed by atoms with E-state index in [9.17, 15) is 14.4 Å². The Labute approximate surface area is 126 Å². The number of ether oxygens (including phenoxy) is 2. The standard InChI is InChI=1S/C11H16N2O5S.ClH/c1-5(14)17-4-18-10(16)7-11(2,3)19-9-6(12)8(15)13(7)9;/h6-7,9H,4,12H2,1-3H3;1H/t6?,7-,9+;/m0./s1. The molecule has 2 fully saturated rings. The maximum atomic E-state index is 12.0. The number of β-lactam (4-membered cyclic amide) rings is 1. The summed E-state index contributed by atoms with van der Waals surface area (Å²) in [6, 6.07) is -1.26. The van der Waals surface area contributed by atoms with Crippen LogP contribution >= 0.6 is 24.2 Å². The second-order valence-corrected chi connectivity index (χ2v) is 6.77. The number of carbonyl (C=O) groups excluding carboxylic acids is 3. The van der Waals surface area contributed by atoms with Crippen LogP contribution in [0.4, 0.5) is 0 Å². The van der Waals surface area contributed by atoms with Crippen LogP contribution in [0.5, 0.6) is 0 Å². The van der Waals surface area contributed by atoms with Crippen molar-refractivity contribution in [2.75, 3.05) is 6.79 Å². The third-order valence-corrected chi connectivity index (χ3v) is 4.76. The summed E-state index contributed by atoms with van der Waals surface area (Å²) in [5, 5.41) is -0.186. The van der Waals surface area contributed by atoms with Gasteiger partial charge in [-0.15, -0.1) is 24.2 Å². The summed E-state index contributed by atoms with van der Waals surface area (Å²) in [4.78, 5) is 35.8. The summed E-state index contributed by atoms with van der Waals surface area (Å²) in [5.74, 6) is -1.37. The Bertz CT molecular complexity index is 445. The van der Waals surface area contributed by atoms with Gasteiger partial charge in [-0.1, -0.05) is 0 Å². The molecular weight excluding hydrogens is 308 g/mol. The first-order valence-corrected chi connectivity index (χ1v) is 6.69. The van der Waals surface area contributed by atoms with Crippen molar-refractivity contribution in [1.29, 1.82) is 0 Å². The number of nitrogens with zero attached hydrogens (tertiary/aromatic N) is 1. The van der Waals surface area contributed by atoms with Gasteiger partial charge in [-0.2, -0.15) is 0 Å². The number of hydrogen-bond donors (Lipinski definition) is 1.